The smallest absolute Gasteiger partial charge is 0.326 e. The summed E-state index contributed by atoms with van der Waals surface area (Å²) in [4.78, 5) is 45.3. The molecule has 136 valence electrons. The maximum atomic E-state index is 12.0. The summed E-state index contributed by atoms with van der Waals surface area (Å²) in [7, 11) is 0. The van der Waals surface area contributed by atoms with E-state index in [0.717, 1.165) is 0 Å². The quantitative estimate of drug-likeness (QED) is 0.465. The van der Waals surface area contributed by atoms with E-state index >= 15 is 0 Å². The topological polar surface area (TPSA) is 145 Å². The Labute approximate surface area is 148 Å². The highest BCUT2D eigenvalue weighted by atomic mass is 35.5. The molecule has 2 atom stereocenters. The van der Waals surface area contributed by atoms with Gasteiger partial charge in [-0.05, 0) is 37.6 Å². The van der Waals surface area contributed by atoms with Crippen LogP contribution < -0.4 is 16.0 Å². The first-order valence-electron chi connectivity index (χ1n) is 7.27. The molecular formula is C15H18ClN3O6. The van der Waals surface area contributed by atoms with E-state index in [1.807, 2.05) is 0 Å². The van der Waals surface area contributed by atoms with Crippen LogP contribution in [0, 0.1) is 0 Å². The molecule has 1 aromatic rings. The zero-order valence-electron chi connectivity index (χ0n) is 13.3. The van der Waals surface area contributed by atoms with E-state index in [1.54, 1.807) is 24.3 Å². The molecule has 3 amide bonds. The lowest BCUT2D eigenvalue weighted by Gasteiger charge is -2.18. The maximum Gasteiger partial charge on any atom is 0.326 e. The molecule has 9 nitrogen and oxygen atoms in total. The lowest BCUT2D eigenvalue weighted by Crippen LogP contribution is -2.51. The van der Waals surface area contributed by atoms with E-state index in [2.05, 4.69) is 16.0 Å². The minimum atomic E-state index is -1.35. The van der Waals surface area contributed by atoms with E-state index in [1.165, 1.54) is 6.92 Å². The third kappa shape index (κ3) is 7.53. The summed E-state index contributed by atoms with van der Waals surface area (Å²) in [6, 6.07) is 3.24. The van der Waals surface area contributed by atoms with Crippen LogP contribution in [0.15, 0.2) is 24.3 Å². The Balaban J connectivity index is 2.53. The number of aliphatic carboxylic acids is 2. The van der Waals surface area contributed by atoms with Gasteiger partial charge in [0.2, 0.25) is 5.91 Å². The molecule has 0 heterocycles. The molecule has 0 aliphatic rings. The van der Waals surface area contributed by atoms with Crippen LogP contribution in [0.1, 0.15) is 19.8 Å². The molecule has 1 aromatic carbocycles. The Hall–Kier alpha value is -2.81. The van der Waals surface area contributed by atoms with Crippen molar-refractivity contribution >= 4 is 41.2 Å². The average molecular weight is 372 g/mol. The van der Waals surface area contributed by atoms with Crippen LogP contribution >= 0.6 is 11.6 Å². The Morgan fingerprint density at radius 3 is 2.20 bits per heavy atom. The normalized spacial score (nSPS) is 12.6. The first-order chi connectivity index (χ1) is 11.7. The third-order valence-corrected chi connectivity index (χ3v) is 3.36. The molecule has 1 rings (SSSR count). The van der Waals surface area contributed by atoms with Gasteiger partial charge in [-0.15, -0.1) is 0 Å². The van der Waals surface area contributed by atoms with E-state index in [4.69, 9.17) is 21.8 Å². The number of carbonyl (C=O) groups excluding carboxylic acids is 2. The molecule has 0 fully saturated rings. The fourth-order valence-electron chi connectivity index (χ4n) is 1.78. The number of urea groups is 1. The molecule has 0 saturated carbocycles. The van der Waals surface area contributed by atoms with Gasteiger partial charge < -0.3 is 26.2 Å². The summed E-state index contributed by atoms with van der Waals surface area (Å²) in [5.74, 6) is -3.27. The van der Waals surface area contributed by atoms with Gasteiger partial charge in [-0.3, -0.25) is 9.59 Å². The lowest BCUT2D eigenvalue weighted by atomic mass is 10.1. The number of hydrogen-bond donors (Lipinski definition) is 5. The molecule has 10 heteroatoms. The standard InChI is InChI=1S/C15H18ClN3O6/c1-8(13(22)19-11(14(23)24)6-7-12(20)21)17-15(25)18-10-4-2-9(16)3-5-10/h2-5,8,11H,6-7H2,1H3,(H,19,22)(H,20,21)(H,23,24)(H2,17,18,25)/t8-,11+/m0/s1. The van der Waals surface area contributed by atoms with Gasteiger partial charge in [0.25, 0.3) is 0 Å². The van der Waals surface area contributed by atoms with Crippen LogP contribution in [0.2, 0.25) is 5.02 Å². The number of carbonyl (C=O) groups is 4. The summed E-state index contributed by atoms with van der Waals surface area (Å²) in [6.07, 6.45) is -0.670. The molecule has 0 unspecified atom stereocenters. The Morgan fingerprint density at radius 1 is 1.08 bits per heavy atom. The van der Waals surface area contributed by atoms with Crippen molar-refractivity contribution in [2.75, 3.05) is 5.32 Å². The Bertz CT molecular complexity index is 649. The number of anilines is 1. The van der Waals surface area contributed by atoms with Crippen LogP contribution in [0.3, 0.4) is 0 Å². The van der Waals surface area contributed by atoms with Crippen LogP contribution in [-0.2, 0) is 14.4 Å². The van der Waals surface area contributed by atoms with E-state index < -0.39 is 42.4 Å². The highest BCUT2D eigenvalue weighted by Crippen LogP contribution is 2.13. The number of rotatable bonds is 8. The molecule has 5 N–H and O–H groups in total. The van der Waals surface area contributed by atoms with Crippen molar-refractivity contribution in [1.29, 1.82) is 0 Å². The number of nitrogens with one attached hydrogen (secondary N) is 3. The summed E-state index contributed by atoms with van der Waals surface area (Å²) in [6.45, 7) is 1.37. The summed E-state index contributed by atoms with van der Waals surface area (Å²) in [5.41, 5.74) is 0.458. The van der Waals surface area contributed by atoms with Crippen LogP contribution in [0.4, 0.5) is 10.5 Å². The number of benzene rings is 1. The number of carboxylic acids is 2. The van der Waals surface area contributed by atoms with E-state index in [0.29, 0.717) is 10.7 Å². The van der Waals surface area contributed by atoms with Crippen LogP contribution in [-0.4, -0.2) is 46.2 Å². The predicted molar refractivity (Wildman–Crippen MR) is 89.5 cm³/mol. The zero-order valence-corrected chi connectivity index (χ0v) is 14.0. The molecular weight excluding hydrogens is 354 g/mol. The number of hydrogen-bond acceptors (Lipinski definition) is 4. The first kappa shape index (κ1) is 20.2. The van der Waals surface area contributed by atoms with Gasteiger partial charge in [-0.2, -0.15) is 0 Å². The average Bonchev–Trinajstić information content (AvgIpc) is 2.52. The molecule has 0 aliphatic carbocycles. The van der Waals surface area contributed by atoms with Gasteiger partial charge in [-0.1, -0.05) is 11.6 Å². The summed E-state index contributed by atoms with van der Waals surface area (Å²) in [5, 5.41) is 25.1. The first-order valence-corrected chi connectivity index (χ1v) is 7.65. The molecule has 0 aromatic heterocycles. The Kier molecular flexibility index (Phi) is 7.67. The van der Waals surface area contributed by atoms with Gasteiger partial charge in [0.15, 0.2) is 0 Å². The number of amides is 3. The van der Waals surface area contributed by atoms with Crippen molar-refractivity contribution < 1.29 is 29.4 Å². The van der Waals surface area contributed by atoms with Crippen molar-refractivity contribution in [2.24, 2.45) is 0 Å². The lowest BCUT2D eigenvalue weighted by molar-refractivity contribution is -0.143. The van der Waals surface area contributed by atoms with Crippen LogP contribution in [0.25, 0.3) is 0 Å². The molecule has 0 saturated heterocycles. The molecule has 0 radical (unpaired) electrons. The predicted octanol–water partition coefficient (Wildman–Crippen LogP) is 1.28. The van der Waals surface area contributed by atoms with Crippen molar-refractivity contribution in [3.8, 4) is 0 Å². The second-order valence-corrected chi connectivity index (χ2v) is 5.60. The molecule has 0 aliphatic heterocycles. The number of carboxylic acid groups (broad SMARTS) is 2. The van der Waals surface area contributed by atoms with Gasteiger partial charge >= 0.3 is 18.0 Å². The highest BCUT2D eigenvalue weighted by Gasteiger charge is 2.24. The summed E-state index contributed by atoms with van der Waals surface area (Å²) >= 11 is 5.73. The van der Waals surface area contributed by atoms with E-state index in [-0.39, 0.29) is 6.42 Å². The summed E-state index contributed by atoms with van der Waals surface area (Å²) < 4.78 is 0. The third-order valence-electron chi connectivity index (χ3n) is 3.10. The molecule has 0 bridgehead atoms. The van der Waals surface area contributed by atoms with Crippen molar-refractivity contribution in [1.82, 2.24) is 10.6 Å². The minimum absolute atomic E-state index is 0.264. The Morgan fingerprint density at radius 2 is 1.68 bits per heavy atom. The van der Waals surface area contributed by atoms with Gasteiger partial charge in [0, 0.05) is 17.1 Å². The van der Waals surface area contributed by atoms with Crippen molar-refractivity contribution in [3.63, 3.8) is 0 Å². The van der Waals surface area contributed by atoms with Crippen molar-refractivity contribution in [3.05, 3.63) is 29.3 Å². The monoisotopic (exact) mass is 371 g/mol. The van der Waals surface area contributed by atoms with Gasteiger partial charge in [-0.25, -0.2) is 9.59 Å². The minimum Gasteiger partial charge on any atom is -0.481 e. The largest absolute Gasteiger partial charge is 0.481 e. The molecule has 0 spiro atoms. The fourth-order valence-corrected chi connectivity index (χ4v) is 1.91. The second kappa shape index (κ2) is 9.48. The zero-order chi connectivity index (χ0) is 19.0. The number of halogens is 1. The van der Waals surface area contributed by atoms with Crippen molar-refractivity contribution in [2.45, 2.75) is 31.8 Å². The maximum absolute atomic E-state index is 12.0. The van der Waals surface area contributed by atoms with E-state index in [9.17, 15) is 19.2 Å². The van der Waals surface area contributed by atoms with Gasteiger partial charge in [0.1, 0.15) is 12.1 Å². The van der Waals surface area contributed by atoms with Gasteiger partial charge in [0.05, 0.1) is 0 Å². The SMILES string of the molecule is C[C@H](NC(=O)Nc1ccc(Cl)cc1)C(=O)N[C@H](CCC(=O)O)C(=O)O. The molecule has 25 heavy (non-hydrogen) atoms. The fraction of sp³-hybridized carbons (Fsp3) is 0.333. The highest BCUT2D eigenvalue weighted by molar-refractivity contribution is 6.30. The van der Waals surface area contributed by atoms with Crippen LogP contribution in [0.5, 0.6) is 0 Å². The second-order valence-electron chi connectivity index (χ2n) is 5.16.